The molecule has 0 saturated carbocycles. The predicted octanol–water partition coefficient (Wildman–Crippen LogP) is 3.51. The normalized spacial score (nSPS) is 11.9. The highest BCUT2D eigenvalue weighted by Crippen LogP contribution is 2.28. The van der Waals surface area contributed by atoms with Crippen molar-refractivity contribution in [3.8, 4) is 0 Å². The molecule has 0 aliphatic heterocycles. The Morgan fingerprint density at radius 2 is 2.04 bits per heavy atom. The van der Waals surface area contributed by atoms with E-state index >= 15 is 0 Å². The lowest BCUT2D eigenvalue weighted by atomic mass is 10.1. The molecule has 0 saturated heterocycles. The molecule has 6 nitrogen and oxygen atoms in total. The highest BCUT2D eigenvalue weighted by Gasteiger charge is 2.19. The molecule has 8 heteroatoms. The Bertz CT molecular complexity index is 866. The van der Waals surface area contributed by atoms with Crippen molar-refractivity contribution >= 4 is 39.2 Å². The summed E-state index contributed by atoms with van der Waals surface area (Å²) in [6, 6.07) is 0. The number of rotatable bonds is 8. The SMILES string of the molecule is CCOCCCn1c(SCC(=O)NC(C)(C)C)nc2sc(C)c(C)c2c1=O. The summed E-state index contributed by atoms with van der Waals surface area (Å²) in [5, 5.41) is 4.23. The summed E-state index contributed by atoms with van der Waals surface area (Å²) in [7, 11) is 0. The van der Waals surface area contributed by atoms with Crippen LogP contribution < -0.4 is 10.9 Å². The van der Waals surface area contributed by atoms with Gasteiger partial charge in [0.2, 0.25) is 5.91 Å². The van der Waals surface area contributed by atoms with Gasteiger partial charge in [-0.05, 0) is 53.5 Å². The molecule has 2 aromatic rings. The Hall–Kier alpha value is -1.38. The molecule has 0 aliphatic rings. The Labute approximate surface area is 168 Å². The van der Waals surface area contributed by atoms with Crippen molar-refractivity contribution in [2.75, 3.05) is 19.0 Å². The Balaban J connectivity index is 2.31. The van der Waals surface area contributed by atoms with Gasteiger partial charge < -0.3 is 10.1 Å². The van der Waals surface area contributed by atoms with Crippen LogP contribution in [0, 0.1) is 13.8 Å². The average molecular weight is 412 g/mol. The molecule has 1 amide bonds. The van der Waals surface area contributed by atoms with Crippen molar-refractivity contribution < 1.29 is 9.53 Å². The molecular weight excluding hydrogens is 382 g/mol. The van der Waals surface area contributed by atoms with Gasteiger partial charge in [-0.25, -0.2) is 4.98 Å². The predicted molar refractivity (Wildman–Crippen MR) is 113 cm³/mol. The lowest BCUT2D eigenvalue weighted by Crippen LogP contribution is -2.41. The minimum Gasteiger partial charge on any atom is -0.382 e. The smallest absolute Gasteiger partial charge is 0.263 e. The van der Waals surface area contributed by atoms with Gasteiger partial charge in [-0.1, -0.05) is 11.8 Å². The number of nitrogens with one attached hydrogen (secondary N) is 1. The summed E-state index contributed by atoms with van der Waals surface area (Å²) in [5.41, 5.74) is 0.680. The minimum atomic E-state index is -0.284. The van der Waals surface area contributed by atoms with Crippen LogP contribution >= 0.6 is 23.1 Å². The number of nitrogens with zero attached hydrogens (tertiary/aromatic N) is 2. The van der Waals surface area contributed by atoms with Crippen LogP contribution in [0.25, 0.3) is 10.2 Å². The number of fused-ring (bicyclic) bond motifs is 1. The van der Waals surface area contributed by atoms with Crippen LogP contribution in [-0.4, -0.2) is 40.0 Å². The van der Waals surface area contributed by atoms with Gasteiger partial charge in [-0.15, -0.1) is 11.3 Å². The van der Waals surface area contributed by atoms with Crippen molar-refractivity contribution in [3.63, 3.8) is 0 Å². The van der Waals surface area contributed by atoms with E-state index in [4.69, 9.17) is 9.72 Å². The lowest BCUT2D eigenvalue weighted by Gasteiger charge is -2.20. The fraction of sp³-hybridized carbons (Fsp3) is 0.632. The van der Waals surface area contributed by atoms with E-state index in [2.05, 4.69) is 5.32 Å². The zero-order valence-electron chi connectivity index (χ0n) is 17.0. The first kappa shape index (κ1) is 21.9. The van der Waals surface area contributed by atoms with Crippen molar-refractivity contribution in [3.05, 3.63) is 20.8 Å². The molecule has 2 heterocycles. The maximum atomic E-state index is 13.1. The second-order valence-corrected chi connectivity index (χ2v) is 9.60. The van der Waals surface area contributed by atoms with Gasteiger partial charge in [-0.2, -0.15) is 0 Å². The van der Waals surface area contributed by atoms with Crippen LogP contribution in [0.4, 0.5) is 0 Å². The van der Waals surface area contributed by atoms with Gasteiger partial charge in [0.25, 0.3) is 5.56 Å². The van der Waals surface area contributed by atoms with Crippen LogP contribution in [0.5, 0.6) is 0 Å². The van der Waals surface area contributed by atoms with E-state index in [0.29, 0.717) is 30.3 Å². The van der Waals surface area contributed by atoms with Crippen LogP contribution in [-0.2, 0) is 16.1 Å². The summed E-state index contributed by atoms with van der Waals surface area (Å²) in [6.45, 7) is 13.5. The van der Waals surface area contributed by atoms with E-state index in [0.717, 1.165) is 21.7 Å². The summed E-state index contributed by atoms with van der Waals surface area (Å²) >= 11 is 2.84. The molecule has 0 radical (unpaired) electrons. The fourth-order valence-corrected chi connectivity index (χ4v) is 4.57. The van der Waals surface area contributed by atoms with Crippen LogP contribution in [0.3, 0.4) is 0 Å². The number of aromatic nitrogens is 2. The molecular formula is C19H29N3O3S2. The van der Waals surface area contributed by atoms with Crippen molar-refractivity contribution in [1.82, 2.24) is 14.9 Å². The van der Waals surface area contributed by atoms with Crippen LogP contribution in [0.1, 0.15) is 44.6 Å². The van der Waals surface area contributed by atoms with E-state index in [9.17, 15) is 9.59 Å². The summed E-state index contributed by atoms with van der Waals surface area (Å²) in [4.78, 5) is 31.8. The van der Waals surface area contributed by atoms with Crippen molar-refractivity contribution in [2.45, 2.75) is 65.2 Å². The molecule has 0 fully saturated rings. The lowest BCUT2D eigenvalue weighted by molar-refractivity contribution is -0.119. The van der Waals surface area contributed by atoms with Crippen molar-refractivity contribution in [1.29, 1.82) is 0 Å². The number of hydrogen-bond donors (Lipinski definition) is 1. The van der Waals surface area contributed by atoms with Gasteiger partial charge in [0.1, 0.15) is 4.83 Å². The van der Waals surface area contributed by atoms with Crippen LogP contribution in [0.2, 0.25) is 0 Å². The highest BCUT2D eigenvalue weighted by molar-refractivity contribution is 7.99. The minimum absolute atomic E-state index is 0.0305. The molecule has 0 aliphatic carbocycles. The number of aryl methyl sites for hydroxylation is 2. The second kappa shape index (κ2) is 9.21. The Morgan fingerprint density at radius 1 is 1.33 bits per heavy atom. The van der Waals surface area contributed by atoms with E-state index in [1.54, 1.807) is 4.57 Å². The molecule has 0 bridgehead atoms. The topological polar surface area (TPSA) is 73.2 Å². The van der Waals surface area contributed by atoms with E-state index in [1.165, 1.54) is 23.1 Å². The number of ether oxygens (including phenoxy) is 1. The number of hydrogen-bond acceptors (Lipinski definition) is 6. The Morgan fingerprint density at radius 3 is 2.67 bits per heavy atom. The molecule has 1 N–H and O–H groups in total. The summed E-state index contributed by atoms with van der Waals surface area (Å²) < 4.78 is 7.09. The molecule has 0 aromatic carbocycles. The molecule has 2 rings (SSSR count). The van der Waals surface area contributed by atoms with Gasteiger partial charge >= 0.3 is 0 Å². The van der Waals surface area contributed by atoms with Crippen LogP contribution in [0.15, 0.2) is 9.95 Å². The summed E-state index contributed by atoms with van der Waals surface area (Å²) in [6.07, 6.45) is 0.727. The second-order valence-electron chi connectivity index (χ2n) is 7.45. The molecule has 27 heavy (non-hydrogen) atoms. The average Bonchev–Trinajstić information content (AvgIpc) is 2.84. The summed E-state index contributed by atoms with van der Waals surface area (Å²) in [5.74, 6) is 0.158. The number of thioether (sulfide) groups is 1. The first-order valence-electron chi connectivity index (χ1n) is 9.16. The first-order valence-corrected chi connectivity index (χ1v) is 11.0. The Kier molecular flexibility index (Phi) is 7.47. The number of thiophene rings is 1. The van der Waals surface area contributed by atoms with Crippen molar-refractivity contribution in [2.24, 2.45) is 0 Å². The van der Waals surface area contributed by atoms with Gasteiger partial charge in [0.15, 0.2) is 5.16 Å². The van der Waals surface area contributed by atoms with Gasteiger partial charge in [0, 0.05) is 30.2 Å². The molecule has 2 aromatic heterocycles. The standard InChI is InChI=1S/C19H29N3O3S2/c1-7-25-10-8-9-22-17(24)15-12(2)13(3)27-16(15)20-18(22)26-11-14(23)21-19(4,5)6/h7-11H2,1-6H3,(H,21,23). The fourth-order valence-electron chi connectivity index (χ4n) is 2.67. The number of carbonyl (C=O) groups excluding carboxylic acids is 1. The molecule has 0 spiro atoms. The quantitative estimate of drug-likeness (QED) is 0.409. The maximum Gasteiger partial charge on any atom is 0.263 e. The van der Waals surface area contributed by atoms with Gasteiger partial charge in [-0.3, -0.25) is 14.2 Å². The molecule has 150 valence electrons. The third kappa shape index (κ3) is 5.80. The third-order valence-electron chi connectivity index (χ3n) is 3.98. The number of amides is 1. The van der Waals surface area contributed by atoms with E-state index in [-0.39, 0.29) is 22.8 Å². The molecule has 0 atom stereocenters. The zero-order valence-corrected chi connectivity index (χ0v) is 18.6. The first-order chi connectivity index (χ1) is 12.6. The monoisotopic (exact) mass is 411 g/mol. The molecule has 0 unspecified atom stereocenters. The highest BCUT2D eigenvalue weighted by atomic mass is 32.2. The third-order valence-corrected chi connectivity index (χ3v) is 6.05. The van der Waals surface area contributed by atoms with E-state index in [1.807, 2.05) is 41.5 Å². The van der Waals surface area contributed by atoms with Gasteiger partial charge in [0.05, 0.1) is 11.1 Å². The van der Waals surface area contributed by atoms with E-state index < -0.39 is 0 Å². The largest absolute Gasteiger partial charge is 0.382 e. The zero-order chi connectivity index (χ0) is 20.2. The maximum absolute atomic E-state index is 13.1. The number of carbonyl (C=O) groups is 1.